The summed E-state index contributed by atoms with van der Waals surface area (Å²) in [5.41, 5.74) is 7.83. The molecule has 1 aliphatic heterocycles. The van der Waals surface area contributed by atoms with Gasteiger partial charge in [-0.2, -0.15) is 0 Å². The highest BCUT2D eigenvalue weighted by molar-refractivity contribution is 7.91. The molecule has 3 atom stereocenters. The molecule has 1 saturated heterocycles. The van der Waals surface area contributed by atoms with E-state index in [1.165, 1.54) is 6.07 Å². The summed E-state index contributed by atoms with van der Waals surface area (Å²) < 4.78 is 44.5. The van der Waals surface area contributed by atoms with Crippen LogP contribution in [-0.2, 0) is 34.0 Å². The number of amides is 1. The number of rotatable bonds is 8. The van der Waals surface area contributed by atoms with Gasteiger partial charge in [-0.1, -0.05) is 49.7 Å². The Morgan fingerprint density at radius 1 is 1.21 bits per heavy atom. The first-order chi connectivity index (χ1) is 15.7. The Hall–Kier alpha value is -2.20. The number of ether oxygens (including phenoxy) is 1. The molecule has 0 spiro atoms. The number of unbranched alkanes of at least 4 members (excludes halogenated alkanes) is 1. The summed E-state index contributed by atoms with van der Waals surface area (Å²) in [6.45, 7) is 2.07. The van der Waals surface area contributed by atoms with Crippen LogP contribution >= 0.6 is 12.4 Å². The normalized spacial score (nSPS) is 21.4. The van der Waals surface area contributed by atoms with Gasteiger partial charge < -0.3 is 15.6 Å². The van der Waals surface area contributed by atoms with Gasteiger partial charge in [0.05, 0.1) is 23.3 Å². The summed E-state index contributed by atoms with van der Waals surface area (Å²) >= 11 is 0. The second-order valence-corrected chi connectivity index (χ2v) is 10.8. The van der Waals surface area contributed by atoms with E-state index in [4.69, 9.17) is 10.5 Å². The second kappa shape index (κ2) is 12.5. The fraction of sp³-hybridized carbons (Fsp3) is 0.458. The number of benzene rings is 2. The van der Waals surface area contributed by atoms with Crippen LogP contribution in [0.1, 0.15) is 36.5 Å². The average molecular weight is 515 g/mol. The summed E-state index contributed by atoms with van der Waals surface area (Å²) in [5.74, 6) is -1.70. The zero-order valence-electron chi connectivity index (χ0n) is 19.1. The van der Waals surface area contributed by atoms with E-state index in [1.54, 1.807) is 6.07 Å². The molecule has 0 bridgehead atoms. The Labute approximate surface area is 206 Å². The van der Waals surface area contributed by atoms with Gasteiger partial charge in [0, 0.05) is 12.0 Å². The third-order valence-corrected chi connectivity index (χ3v) is 7.63. The van der Waals surface area contributed by atoms with Gasteiger partial charge in [-0.25, -0.2) is 17.6 Å². The molecule has 1 aliphatic rings. The van der Waals surface area contributed by atoms with Gasteiger partial charge in [0.15, 0.2) is 9.84 Å². The van der Waals surface area contributed by atoms with Crippen LogP contribution in [0.15, 0.2) is 42.5 Å². The van der Waals surface area contributed by atoms with Crippen LogP contribution < -0.4 is 11.1 Å². The first kappa shape index (κ1) is 28.0. The van der Waals surface area contributed by atoms with Crippen LogP contribution in [-0.4, -0.2) is 43.3 Å². The third-order valence-electron chi connectivity index (χ3n) is 5.81. The lowest BCUT2D eigenvalue weighted by Crippen LogP contribution is -2.52. The lowest BCUT2D eigenvalue weighted by atomic mass is 9.90. The van der Waals surface area contributed by atoms with Gasteiger partial charge in [-0.05, 0) is 42.0 Å². The van der Waals surface area contributed by atoms with Gasteiger partial charge in [0.1, 0.15) is 12.4 Å². The molecule has 2 aromatic rings. The van der Waals surface area contributed by atoms with E-state index in [-0.39, 0.29) is 42.6 Å². The second-order valence-electron chi connectivity index (χ2n) is 8.60. The van der Waals surface area contributed by atoms with Crippen molar-refractivity contribution >= 4 is 34.0 Å². The van der Waals surface area contributed by atoms with E-state index in [2.05, 4.69) is 5.32 Å². The summed E-state index contributed by atoms with van der Waals surface area (Å²) in [4.78, 5) is 12.3. The largest absolute Gasteiger partial charge is 0.444 e. The Bertz CT molecular complexity index is 1070. The number of aliphatic hydroxyl groups is 1. The summed E-state index contributed by atoms with van der Waals surface area (Å²) in [6, 6.07) is 11.3. The molecule has 1 fully saturated rings. The minimum Gasteiger partial charge on any atom is -0.444 e. The van der Waals surface area contributed by atoms with Crippen LogP contribution in [0, 0.1) is 11.7 Å². The smallest absolute Gasteiger partial charge is 0.412 e. The molecule has 4 N–H and O–H groups in total. The predicted octanol–water partition coefficient (Wildman–Crippen LogP) is 3.61. The minimum absolute atomic E-state index is 0. The Morgan fingerprint density at radius 3 is 2.59 bits per heavy atom. The third kappa shape index (κ3) is 7.66. The number of aryl methyl sites for hydroxylation is 1. The van der Waals surface area contributed by atoms with E-state index >= 15 is 4.39 Å². The number of sulfone groups is 1. The summed E-state index contributed by atoms with van der Waals surface area (Å²) in [6.07, 6.45) is 0.605. The molecule has 1 amide bonds. The molecule has 2 aromatic carbocycles. The van der Waals surface area contributed by atoms with E-state index < -0.39 is 39.8 Å². The van der Waals surface area contributed by atoms with Gasteiger partial charge in [0.2, 0.25) is 0 Å². The molecule has 7 nitrogen and oxygen atoms in total. The Balaban J connectivity index is 0.00000408. The first-order valence-electron chi connectivity index (χ1n) is 11.1. The maximum absolute atomic E-state index is 15.1. The van der Waals surface area contributed by atoms with Crippen molar-refractivity contribution in [1.82, 2.24) is 0 Å². The zero-order valence-corrected chi connectivity index (χ0v) is 20.7. The van der Waals surface area contributed by atoms with E-state index in [0.717, 1.165) is 18.4 Å². The van der Waals surface area contributed by atoms with Crippen molar-refractivity contribution in [2.75, 3.05) is 16.8 Å². The number of carbonyl (C=O) groups excluding carboxylic acids is 1. The van der Waals surface area contributed by atoms with Crippen LogP contribution in [0.5, 0.6) is 0 Å². The predicted molar refractivity (Wildman–Crippen MR) is 132 cm³/mol. The molecule has 10 heteroatoms. The topological polar surface area (TPSA) is 119 Å². The fourth-order valence-corrected chi connectivity index (χ4v) is 6.01. The Morgan fingerprint density at radius 2 is 1.91 bits per heavy atom. The van der Waals surface area contributed by atoms with E-state index in [9.17, 15) is 18.3 Å². The van der Waals surface area contributed by atoms with Crippen LogP contribution in [0.3, 0.4) is 0 Å². The average Bonchev–Trinajstić information content (AvgIpc) is 2.76. The maximum Gasteiger partial charge on any atom is 0.412 e. The highest BCUT2D eigenvalue weighted by atomic mass is 35.5. The minimum atomic E-state index is -3.37. The molecular weight excluding hydrogens is 483 g/mol. The molecule has 0 aliphatic carbocycles. The van der Waals surface area contributed by atoms with E-state index in [0.29, 0.717) is 17.5 Å². The van der Waals surface area contributed by atoms with Crippen molar-refractivity contribution in [1.29, 1.82) is 0 Å². The number of hydrogen-bond acceptors (Lipinski definition) is 6. The first-order valence-corrected chi connectivity index (χ1v) is 12.9. The molecule has 0 saturated carbocycles. The van der Waals surface area contributed by atoms with Gasteiger partial charge in [-0.15, -0.1) is 12.4 Å². The summed E-state index contributed by atoms with van der Waals surface area (Å²) in [5, 5.41) is 12.9. The number of nitrogens with two attached hydrogens (primary N) is 1. The molecule has 34 heavy (non-hydrogen) atoms. The van der Waals surface area contributed by atoms with Crippen LogP contribution in [0.4, 0.5) is 14.9 Å². The maximum atomic E-state index is 15.1. The number of aliphatic hydroxyl groups excluding tert-OH is 1. The molecule has 0 aromatic heterocycles. The monoisotopic (exact) mass is 514 g/mol. The van der Waals surface area contributed by atoms with E-state index in [1.807, 2.05) is 37.3 Å². The highest BCUT2D eigenvalue weighted by Crippen LogP contribution is 2.28. The number of halogens is 2. The number of anilines is 1. The molecule has 0 unspecified atom stereocenters. The van der Waals surface area contributed by atoms with Gasteiger partial charge in [-0.3, -0.25) is 5.32 Å². The van der Waals surface area contributed by atoms with Gasteiger partial charge >= 0.3 is 6.09 Å². The molecule has 188 valence electrons. The molecule has 1 heterocycles. The van der Waals surface area contributed by atoms with Crippen molar-refractivity contribution in [2.24, 2.45) is 11.7 Å². The molecule has 0 radical (unpaired) electrons. The van der Waals surface area contributed by atoms with Gasteiger partial charge in [0.25, 0.3) is 0 Å². The number of carbonyl (C=O) groups is 1. The van der Waals surface area contributed by atoms with Crippen molar-refractivity contribution in [3.63, 3.8) is 0 Å². The quantitative estimate of drug-likeness (QED) is 0.495. The highest BCUT2D eigenvalue weighted by Gasteiger charge is 2.37. The van der Waals surface area contributed by atoms with Crippen LogP contribution in [0.25, 0.3) is 0 Å². The SMILES string of the molecule is CCCCc1cc(C[C@@H]2CS(=O)(=O)C[C@H](N)[C@H]2O)cc(F)c1NC(=O)OCc1ccccc1.Cl. The summed E-state index contributed by atoms with van der Waals surface area (Å²) in [7, 11) is -3.37. The van der Waals surface area contributed by atoms with Crippen molar-refractivity contribution in [3.05, 3.63) is 65.0 Å². The molecule has 3 rings (SSSR count). The fourth-order valence-electron chi connectivity index (χ4n) is 4.13. The van der Waals surface area contributed by atoms with Crippen molar-refractivity contribution in [2.45, 2.75) is 51.4 Å². The lowest BCUT2D eigenvalue weighted by molar-refractivity contribution is 0.0923. The molecular formula is C24H32ClFN2O5S. The number of nitrogens with one attached hydrogen (secondary N) is 1. The zero-order chi connectivity index (χ0) is 24.0. The standard InChI is InChI=1S/C24H31FN2O5S.ClH/c1-2-3-9-18-10-17(11-19-14-33(30,31)15-21(26)23(19)28)12-20(25)22(18)27-24(29)32-13-16-7-5-4-6-8-16;/h4-8,10,12,19,21,23,28H,2-3,9,11,13-15,26H2,1H3,(H,27,29);1H/t19-,21+,23+;/m1./s1. The number of hydrogen-bond donors (Lipinski definition) is 3. The van der Waals surface area contributed by atoms with Crippen LogP contribution in [0.2, 0.25) is 0 Å². The van der Waals surface area contributed by atoms with Crippen molar-refractivity contribution < 1.29 is 27.4 Å². The van der Waals surface area contributed by atoms with Crippen molar-refractivity contribution in [3.8, 4) is 0 Å². The Kier molecular flexibility index (Phi) is 10.3. The lowest BCUT2D eigenvalue weighted by Gasteiger charge is -2.32.